The third-order valence-corrected chi connectivity index (χ3v) is 5.16. The summed E-state index contributed by atoms with van der Waals surface area (Å²) in [5, 5.41) is 9.59. The number of nitrogens with one attached hydrogen (secondary N) is 1. The summed E-state index contributed by atoms with van der Waals surface area (Å²) < 4.78 is 40.5. The lowest BCUT2D eigenvalue weighted by Crippen LogP contribution is -2.44. The minimum absolute atomic E-state index is 0.0358. The molecule has 1 aromatic carbocycles. The number of halogens is 3. The number of carboxylic acid groups (broad SMARTS) is 1. The average Bonchev–Trinajstić information content (AvgIpc) is 3.03. The molecule has 1 aliphatic rings. The number of aromatic amines is 1. The number of hydrogen-bond acceptors (Lipinski definition) is 5. The molecule has 4 rings (SSSR count). The Bertz CT molecular complexity index is 1160. The van der Waals surface area contributed by atoms with Gasteiger partial charge in [-0.25, -0.2) is 9.78 Å². The van der Waals surface area contributed by atoms with Crippen molar-refractivity contribution in [2.24, 2.45) is 0 Å². The number of alkyl halides is 3. The molecule has 1 aliphatic heterocycles. The van der Waals surface area contributed by atoms with Gasteiger partial charge in [0, 0.05) is 32.7 Å². The summed E-state index contributed by atoms with van der Waals surface area (Å²) in [6.45, 7) is 3.21. The normalized spacial score (nSPS) is 16.7. The largest absolute Gasteiger partial charge is 0.476 e. The smallest absolute Gasteiger partial charge is 0.416 e. The number of benzene rings is 1. The van der Waals surface area contributed by atoms with Crippen LogP contribution in [-0.4, -0.2) is 68.5 Å². The van der Waals surface area contributed by atoms with E-state index in [9.17, 15) is 27.9 Å². The second-order valence-corrected chi connectivity index (χ2v) is 7.13. The van der Waals surface area contributed by atoms with Crippen LogP contribution in [0.1, 0.15) is 21.7 Å². The third-order valence-electron chi connectivity index (χ3n) is 5.16. The Labute approximate surface area is 162 Å². The molecule has 29 heavy (non-hydrogen) atoms. The average molecular weight is 409 g/mol. The maximum Gasteiger partial charge on any atom is 0.416 e. The predicted octanol–water partition coefficient (Wildman–Crippen LogP) is 1.64. The molecule has 2 aromatic heterocycles. The van der Waals surface area contributed by atoms with E-state index in [1.165, 1.54) is 10.5 Å². The Morgan fingerprint density at radius 1 is 1.24 bits per heavy atom. The molecule has 2 N–H and O–H groups in total. The number of fused-ring (bicyclic) bond motifs is 3. The van der Waals surface area contributed by atoms with Gasteiger partial charge in [-0.1, -0.05) is 0 Å². The molecule has 0 spiro atoms. The van der Waals surface area contributed by atoms with Crippen LogP contribution in [0.25, 0.3) is 16.7 Å². The summed E-state index contributed by atoms with van der Waals surface area (Å²) >= 11 is 0. The van der Waals surface area contributed by atoms with E-state index in [0.29, 0.717) is 13.1 Å². The lowest BCUT2D eigenvalue weighted by atomic mass is 10.2. The summed E-state index contributed by atoms with van der Waals surface area (Å²) in [7, 11) is 1.99. The number of aromatic nitrogens is 3. The highest BCUT2D eigenvalue weighted by molar-refractivity contribution is 5.89. The summed E-state index contributed by atoms with van der Waals surface area (Å²) in [6.07, 6.45) is -4.57. The highest BCUT2D eigenvalue weighted by atomic mass is 19.4. The number of imidazole rings is 1. The van der Waals surface area contributed by atoms with Crippen LogP contribution in [0, 0.1) is 0 Å². The number of nitrogens with zero attached hydrogens (tertiary/aromatic N) is 4. The molecule has 0 bridgehead atoms. The summed E-state index contributed by atoms with van der Waals surface area (Å²) in [6, 6.07) is 2.97. The third kappa shape index (κ3) is 3.47. The molecule has 11 heteroatoms. The SMILES string of the molecule is CN1CCN(Cc2c(C(=O)O)nc3c(=O)[nH]c4cc(C(F)(F)F)ccc4n23)CC1. The van der Waals surface area contributed by atoms with Crippen molar-refractivity contribution in [2.75, 3.05) is 33.2 Å². The number of piperazine rings is 1. The van der Waals surface area contributed by atoms with Gasteiger partial charge in [-0.3, -0.25) is 14.1 Å². The van der Waals surface area contributed by atoms with Crippen molar-refractivity contribution < 1.29 is 23.1 Å². The Morgan fingerprint density at radius 3 is 2.55 bits per heavy atom. The molecule has 0 radical (unpaired) electrons. The van der Waals surface area contributed by atoms with Crippen molar-refractivity contribution in [3.8, 4) is 0 Å². The highest BCUT2D eigenvalue weighted by Gasteiger charge is 2.31. The fourth-order valence-corrected chi connectivity index (χ4v) is 3.59. The lowest BCUT2D eigenvalue weighted by molar-refractivity contribution is -0.137. The fraction of sp³-hybridized carbons (Fsp3) is 0.389. The molecule has 0 unspecified atom stereocenters. The Balaban J connectivity index is 1.93. The van der Waals surface area contributed by atoms with Crippen LogP contribution in [0.3, 0.4) is 0 Å². The highest BCUT2D eigenvalue weighted by Crippen LogP contribution is 2.31. The zero-order valence-corrected chi connectivity index (χ0v) is 15.5. The molecule has 154 valence electrons. The number of hydrogen-bond donors (Lipinski definition) is 2. The molecular formula is C18H18F3N5O3. The first-order chi connectivity index (χ1) is 13.6. The first-order valence-corrected chi connectivity index (χ1v) is 8.94. The van der Waals surface area contributed by atoms with Crippen LogP contribution in [-0.2, 0) is 12.7 Å². The Morgan fingerprint density at radius 2 is 1.93 bits per heavy atom. The van der Waals surface area contributed by atoms with E-state index in [4.69, 9.17) is 0 Å². The van der Waals surface area contributed by atoms with Crippen molar-refractivity contribution >= 4 is 22.6 Å². The van der Waals surface area contributed by atoms with Crippen molar-refractivity contribution in [1.82, 2.24) is 24.2 Å². The number of likely N-dealkylation sites (N-methyl/N-ethyl adjacent to an activating group) is 1. The second-order valence-electron chi connectivity index (χ2n) is 7.13. The standard InChI is InChI=1S/C18H18F3N5O3/c1-24-4-6-25(7-5-24)9-13-14(17(28)29)23-15-16(27)22-11-8-10(18(19,20)21)2-3-12(11)26(13)15/h2-3,8H,4-7,9H2,1H3,(H,22,27)(H,28,29). The minimum Gasteiger partial charge on any atom is -0.476 e. The van der Waals surface area contributed by atoms with Crippen LogP contribution in [0.4, 0.5) is 13.2 Å². The van der Waals surface area contributed by atoms with Crippen molar-refractivity contribution in [2.45, 2.75) is 12.7 Å². The lowest BCUT2D eigenvalue weighted by Gasteiger charge is -2.32. The van der Waals surface area contributed by atoms with Crippen LogP contribution in [0.2, 0.25) is 0 Å². The van der Waals surface area contributed by atoms with Gasteiger partial charge in [-0.15, -0.1) is 0 Å². The van der Waals surface area contributed by atoms with Gasteiger partial charge in [0.2, 0.25) is 5.65 Å². The van der Waals surface area contributed by atoms with Gasteiger partial charge >= 0.3 is 12.1 Å². The topological polar surface area (TPSA) is 93.9 Å². The van der Waals surface area contributed by atoms with Gasteiger partial charge in [0.1, 0.15) is 0 Å². The van der Waals surface area contributed by atoms with Crippen molar-refractivity contribution in [3.63, 3.8) is 0 Å². The molecule has 0 atom stereocenters. The van der Waals surface area contributed by atoms with E-state index in [1.54, 1.807) is 0 Å². The van der Waals surface area contributed by atoms with Crippen LogP contribution < -0.4 is 5.56 Å². The molecule has 3 heterocycles. The maximum atomic E-state index is 13.1. The van der Waals surface area contributed by atoms with Gasteiger partial charge in [-0.2, -0.15) is 13.2 Å². The first kappa shape index (κ1) is 19.4. The van der Waals surface area contributed by atoms with Gasteiger partial charge in [-0.05, 0) is 25.2 Å². The first-order valence-electron chi connectivity index (χ1n) is 8.94. The molecule has 0 amide bonds. The number of aromatic carboxylic acids is 1. The van der Waals surface area contributed by atoms with Crippen molar-refractivity contribution in [1.29, 1.82) is 0 Å². The number of carbonyl (C=O) groups is 1. The Hall–Kier alpha value is -2.92. The minimum atomic E-state index is -4.57. The van der Waals surface area contributed by atoms with Crippen molar-refractivity contribution in [3.05, 3.63) is 45.5 Å². The molecule has 1 fully saturated rings. The molecule has 0 saturated carbocycles. The summed E-state index contributed by atoms with van der Waals surface area (Å²) in [4.78, 5) is 34.7. The van der Waals surface area contributed by atoms with Crippen LogP contribution in [0.15, 0.2) is 23.0 Å². The second kappa shape index (κ2) is 6.85. The van der Waals surface area contributed by atoms with E-state index in [2.05, 4.69) is 14.9 Å². The molecule has 1 saturated heterocycles. The summed E-state index contributed by atoms with van der Waals surface area (Å²) in [5.74, 6) is -1.29. The number of carboxylic acids is 1. The van der Waals surface area contributed by atoms with E-state index < -0.39 is 23.3 Å². The van der Waals surface area contributed by atoms with Crippen LogP contribution >= 0.6 is 0 Å². The predicted molar refractivity (Wildman–Crippen MR) is 98.1 cm³/mol. The zero-order valence-electron chi connectivity index (χ0n) is 15.5. The zero-order chi connectivity index (χ0) is 20.9. The number of rotatable bonds is 3. The maximum absolute atomic E-state index is 13.1. The van der Waals surface area contributed by atoms with Gasteiger partial charge in [0.05, 0.1) is 22.3 Å². The van der Waals surface area contributed by atoms with Gasteiger partial charge < -0.3 is 15.0 Å². The van der Waals surface area contributed by atoms with Gasteiger partial charge in [0.15, 0.2) is 5.69 Å². The van der Waals surface area contributed by atoms with Gasteiger partial charge in [0.25, 0.3) is 5.56 Å². The Kier molecular flexibility index (Phi) is 4.58. The van der Waals surface area contributed by atoms with E-state index in [0.717, 1.165) is 25.2 Å². The van der Waals surface area contributed by atoms with Crippen LogP contribution in [0.5, 0.6) is 0 Å². The summed E-state index contributed by atoms with van der Waals surface area (Å²) in [5.41, 5.74) is -1.58. The molecule has 0 aliphatic carbocycles. The molecule has 8 nitrogen and oxygen atoms in total. The molecule has 3 aromatic rings. The number of H-pyrrole nitrogens is 1. The van der Waals surface area contributed by atoms with E-state index in [1.807, 2.05) is 11.9 Å². The fourth-order valence-electron chi connectivity index (χ4n) is 3.59. The molecular weight excluding hydrogens is 391 g/mol. The van der Waals surface area contributed by atoms with E-state index >= 15 is 0 Å². The quantitative estimate of drug-likeness (QED) is 0.683. The monoisotopic (exact) mass is 409 g/mol. The van der Waals surface area contributed by atoms with E-state index in [-0.39, 0.29) is 34.6 Å².